The molecule has 0 saturated heterocycles. The second-order valence-electron chi connectivity index (χ2n) is 2.57. The van der Waals surface area contributed by atoms with Gasteiger partial charge in [-0.1, -0.05) is 23.2 Å². The van der Waals surface area contributed by atoms with Gasteiger partial charge in [0.25, 0.3) is 0 Å². The van der Waals surface area contributed by atoms with Gasteiger partial charge in [-0.3, -0.25) is 5.32 Å². The van der Waals surface area contributed by atoms with Crippen LogP contribution in [0.4, 0.5) is 4.79 Å². The van der Waals surface area contributed by atoms with Crippen molar-refractivity contribution in [1.82, 2.24) is 5.32 Å². The Bertz CT molecular complexity index is 357. The maximum atomic E-state index is 11.1. The molecule has 0 saturated carbocycles. The monoisotopic (exact) mass is 249 g/mol. The predicted molar refractivity (Wildman–Crippen MR) is 57.5 cm³/mol. The van der Waals surface area contributed by atoms with Gasteiger partial charge in [0.2, 0.25) is 0 Å². The zero-order valence-electron chi connectivity index (χ0n) is 7.92. The van der Waals surface area contributed by atoms with Crippen molar-refractivity contribution in [3.63, 3.8) is 0 Å². The van der Waals surface area contributed by atoms with Gasteiger partial charge in [0.15, 0.2) is 5.75 Å². The zero-order valence-corrected chi connectivity index (χ0v) is 9.43. The highest BCUT2D eigenvalue weighted by atomic mass is 35.5. The van der Waals surface area contributed by atoms with Gasteiger partial charge in [-0.2, -0.15) is 0 Å². The summed E-state index contributed by atoms with van der Waals surface area (Å²) in [6, 6.07) is 4.57. The van der Waals surface area contributed by atoms with Gasteiger partial charge in [0.1, 0.15) is 6.73 Å². The summed E-state index contributed by atoms with van der Waals surface area (Å²) in [5, 5.41) is 3.10. The summed E-state index contributed by atoms with van der Waals surface area (Å²) in [5.74, 6) is 0.245. The number of ether oxygens (including phenoxy) is 2. The quantitative estimate of drug-likeness (QED) is 0.839. The second kappa shape index (κ2) is 5.80. The molecule has 0 atom stereocenters. The largest absolute Gasteiger partial charge is 0.414 e. The maximum absolute atomic E-state index is 11.1. The second-order valence-corrected chi connectivity index (χ2v) is 3.42. The first kappa shape index (κ1) is 12.1. The predicted octanol–water partition coefficient (Wildman–Crippen LogP) is 2.69. The van der Waals surface area contributed by atoms with E-state index in [0.29, 0.717) is 5.02 Å². The van der Waals surface area contributed by atoms with Crippen LogP contribution < -0.4 is 10.1 Å². The molecular weight excluding hydrogens is 241 g/mol. The molecule has 0 fully saturated rings. The number of methoxy groups -OCH3 is 1. The van der Waals surface area contributed by atoms with Crippen LogP contribution in [0.5, 0.6) is 5.75 Å². The summed E-state index contributed by atoms with van der Waals surface area (Å²) < 4.78 is 9.52. The van der Waals surface area contributed by atoms with E-state index >= 15 is 0 Å². The first-order valence-corrected chi connectivity index (χ1v) is 4.78. The Morgan fingerprint density at radius 2 is 2.20 bits per heavy atom. The van der Waals surface area contributed by atoms with Crippen LogP contribution in [0.15, 0.2) is 18.2 Å². The molecule has 4 nitrogen and oxygen atoms in total. The number of hydrogen-bond donors (Lipinski definition) is 1. The summed E-state index contributed by atoms with van der Waals surface area (Å²) in [5.41, 5.74) is 0. The van der Waals surface area contributed by atoms with Crippen molar-refractivity contribution in [3.8, 4) is 5.75 Å². The summed E-state index contributed by atoms with van der Waals surface area (Å²) in [6.45, 7) is 0.0735. The SMILES string of the molecule is COCNC(=O)Oc1ccc(Cl)cc1Cl. The average Bonchev–Trinajstić information content (AvgIpc) is 2.19. The highest BCUT2D eigenvalue weighted by molar-refractivity contribution is 6.35. The molecule has 0 bridgehead atoms. The summed E-state index contributed by atoms with van der Waals surface area (Å²) in [6.07, 6.45) is -0.638. The van der Waals surface area contributed by atoms with Crippen LogP contribution in [-0.2, 0) is 4.74 Å². The molecule has 1 amide bonds. The molecule has 1 rings (SSSR count). The Labute approximate surface area is 97.1 Å². The maximum Gasteiger partial charge on any atom is 0.414 e. The summed E-state index contributed by atoms with van der Waals surface area (Å²) >= 11 is 11.5. The van der Waals surface area contributed by atoms with Crippen molar-refractivity contribution in [1.29, 1.82) is 0 Å². The lowest BCUT2D eigenvalue weighted by molar-refractivity contribution is 0.153. The van der Waals surface area contributed by atoms with E-state index in [-0.39, 0.29) is 17.5 Å². The molecule has 0 unspecified atom stereocenters. The van der Waals surface area contributed by atoms with Gasteiger partial charge in [-0.15, -0.1) is 0 Å². The van der Waals surface area contributed by atoms with Gasteiger partial charge in [-0.25, -0.2) is 4.79 Å². The lowest BCUT2D eigenvalue weighted by Gasteiger charge is -2.07. The molecule has 0 aromatic heterocycles. The molecule has 15 heavy (non-hydrogen) atoms. The molecule has 0 aliphatic carbocycles. The Morgan fingerprint density at radius 1 is 1.47 bits per heavy atom. The number of carbonyl (C=O) groups excluding carboxylic acids is 1. The van der Waals surface area contributed by atoms with Gasteiger partial charge in [0, 0.05) is 12.1 Å². The summed E-state index contributed by atoms with van der Waals surface area (Å²) in [4.78, 5) is 11.1. The fraction of sp³-hybridized carbons (Fsp3) is 0.222. The molecular formula is C9H9Cl2NO3. The minimum Gasteiger partial charge on any atom is -0.409 e. The minimum atomic E-state index is -0.638. The van der Waals surface area contributed by atoms with E-state index in [0.717, 1.165) is 0 Å². The molecule has 1 aromatic rings. The Morgan fingerprint density at radius 3 is 2.80 bits per heavy atom. The van der Waals surface area contributed by atoms with Crippen molar-refractivity contribution >= 4 is 29.3 Å². The first-order valence-electron chi connectivity index (χ1n) is 4.03. The third-order valence-corrected chi connectivity index (χ3v) is 1.99. The van der Waals surface area contributed by atoms with E-state index in [1.54, 1.807) is 6.07 Å². The number of carbonyl (C=O) groups is 1. The van der Waals surface area contributed by atoms with Crippen molar-refractivity contribution in [2.24, 2.45) is 0 Å². The van der Waals surface area contributed by atoms with Crippen LogP contribution in [0.25, 0.3) is 0 Å². The lowest BCUT2D eigenvalue weighted by atomic mass is 10.3. The lowest BCUT2D eigenvalue weighted by Crippen LogP contribution is -2.28. The molecule has 0 heterocycles. The first-order chi connectivity index (χ1) is 7.13. The number of benzene rings is 1. The highest BCUT2D eigenvalue weighted by Gasteiger charge is 2.07. The number of halogens is 2. The van der Waals surface area contributed by atoms with Crippen molar-refractivity contribution < 1.29 is 14.3 Å². The van der Waals surface area contributed by atoms with Gasteiger partial charge in [0.05, 0.1) is 5.02 Å². The third-order valence-electron chi connectivity index (χ3n) is 1.46. The standard InChI is InChI=1S/C9H9Cl2NO3/c1-14-5-12-9(13)15-8-3-2-6(10)4-7(8)11/h2-4H,5H2,1H3,(H,12,13). The Hall–Kier alpha value is -0.970. The highest BCUT2D eigenvalue weighted by Crippen LogP contribution is 2.27. The van der Waals surface area contributed by atoms with Crippen LogP contribution in [0.1, 0.15) is 0 Å². The van der Waals surface area contributed by atoms with Gasteiger partial charge in [-0.05, 0) is 18.2 Å². The molecule has 0 aliphatic heterocycles. The Balaban J connectivity index is 2.60. The Kier molecular flexibility index (Phi) is 4.68. The van der Waals surface area contributed by atoms with Crippen molar-refractivity contribution in [2.45, 2.75) is 0 Å². The number of hydrogen-bond acceptors (Lipinski definition) is 3. The number of rotatable bonds is 3. The smallest absolute Gasteiger partial charge is 0.409 e. The van der Waals surface area contributed by atoms with Gasteiger partial charge < -0.3 is 9.47 Å². The minimum absolute atomic E-state index is 0.0735. The third kappa shape index (κ3) is 3.95. The van der Waals surface area contributed by atoms with Crippen molar-refractivity contribution in [3.05, 3.63) is 28.2 Å². The molecule has 0 radical (unpaired) electrons. The van der Waals surface area contributed by atoms with Crippen LogP contribution in [-0.4, -0.2) is 19.9 Å². The van der Waals surface area contributed by atoms with Crippen LogP contribution in [0, 0.1) is 0 Å². The molecule has 0 aliphatic rings. The molecule has 1 aromatic carbocycles. The van der Waals surface area contributed by atoms with E-state index in [2.05, 4.69) is 10.1 Å². The topological polar surface area (TPSA) is 47.6 Å². The van der Waals surface area contributed by atoms with E-state index in [9.17, 15) is 4.79 Å². The normalized spacial score (nSPS) is 9.80. The van der Waals surface area contributed by atoms with Gasteiger partial charge >= 0.3 is 6.09 Å². The average molecular weight is 250 g/mol. The summed E-state index contributed by atoms with van der Waals surface area (Å²) in [7, 11) is 1.45. The fourth-order valence-electron chi connectivity index (χ4n) is 0.825. The number of amides is 1. The zero-order chi connectivity index (χ0) is 11.3. The van der Waals surface area contributed by atoms with E-state index in [1.807, 2.05) is 0 Å². The fourth-order valence-corrected chi connectivity index (χ4v) is 1.27. The van der Waals surface area contributed by atoms with Crippen LogP contribution in [0.3, 0.4) is 0 Å². The molecule has 1 N–H and O–H groups in total. The molecule has 0 spiro atoms. The van der Waals surface area contributed by atoms with E-state index in [1.165, 1.54) is 19.2 Å². The molecule has 6 heteroatoms. The van der Waals surface area contributed by atoms with Crippen molar-refractivity contribution in [2.75, 3.05) is 13.8 Å². The van der Waals surface area contributed by atoms with E-state index < -0.39 is 6.09 Å². The van der Waals surface area contributed by atoms with Crippen LogP contribution >= 0.6 is 23.2 Å². The van der Waals surface area contributed by atoms with Crippen LogP contribution in [0.2, 0.25) is 10.0 Å². The number of nitrogens with one attached hydrogen (secondary N) is 1. The van der Waals surface area contributed by atoms with E-state index in [4.69, 9.17) is 27.9 Å². The molecule has 82 valence electrons.